The summed E-state index contributed by atoms with van der Waals surface area (Å²) >= 11 is 5.13. The van der Waals surface area contributed by atoms with Gasteiger partial charge in [-0.05, 0) is 0 Å². The summed E-state index contributed by atoms with van der Waals surface area (Å²) < 4.78 is 25.1. The van der Waals surface area contributed by atoms with Gasteiger partial charge in [0.15, 0.2) is 0 Å². The molecule has 0 radical (unpaired) electrons. The van der Waals surface area contributed by atoms with Crippen molar-refractivity contribution in [3.8, 4) is 0 Å². The topological polar surface area (TPSA) is 63.6 Å². The van der Waals surface area contributed by atoms with E-state index in [1.54, 1.807) is 0 Å². The quantitative estimate of drug-likeness (QED) is 0.466. The van der Waals surface area contributed by atoms with Crippen molar-refractivity contribution in [2.75, 3.05) is 5.75 Å². The second-order valence-corrected chi connectivity index (χ2v) is 4.67. The zero-order valence-electron chi connectivity index (χ0n) is 4.82. The molecule has 0 spiro atoms. The zero-order valence-corrected chi connectivity index (χ0v) is 8.70. The van der Waals surface area contributed by atoms with Crippen LogP contribution in [0.15, 0.2) is 0 Å². The van der Waals surface area contributed by atoms with Crippen LogP contribution in [0.5, 0.6) is 0 Å². The van der Waals surface area contributed by atoms with Crippen LogP contribution >= 0.6 is 12.6 Å². The van der Waals surface area contributed by atoms with Crippen LogP contribution in [0.1, 0.15) is 6.42 Å². The molecule has 68 valence electrons. The summed E-state index contributed by atoms with van der Waals surface area (Å²) in [4.78, 5) is 0. The molecule has 1 N–H and O–H groups in total. The molecule has 0 aliphatic heterocycles. The van der Waals surface area contributed by atoms with Gasteiger partial charge in [0, 0.05) is 0 Å². The summed E-state index contributed by atoms with van der Waals surface area (Å²) in [6.45, 7) is 0. The van der Waals surface area contributed by atoms with Gasteiger partial charge in [-0.25, -0.2) is 0 Å². The van der Waals surface area contributed by atoms with Gasteiger partial charge >= 0.3 is 108 Å². The molecule has 1 atom stereocenters. The summed E-state index contributed by atoms with van der Waals surface area (Å²) in [5.41, 5.74) is -1.46. The molecule has 0 bridgehead atoms. The van der Waals surface area contributed by atoms with Gasteiger partial charge < -0.3 is 0 Å². The third kappa shape index (κ3) is 6.09. The van der Waals surface area contributed by atoms with Crippen LogP contribution in [0.25, 0.3) is 0 Å². The Bertz CT molecular complexity index is 182. The number of hydrogen-bond acceptors (Lipinski definition) is 5. The Kier molecular flexibility index (Phi) is 10.3. The van der Waals surface area contributed by atoms with E-state index in [1.165, 1.54) is 21.5 Å². The van der Waals surface area contributed by atoms with E-state index in [1.807, 2.05) is 0 Å². The summed E-state index contributed by atoms with van der Waals surface area (Å²) in [6.07, 6.45) is 0.0737. The van der Waals surface area contributed by atoms with Gasteiger partial charge in [0.25, 0.3) is 0 Å². The van der Waals surface area contributed by atoms with E-state index < -0.39 is 15.6 Å². The second kappa shape index (κ2) is 7.37. The number of thiol groups is 1. The molecule has 0 aliphatic carbocycles. The number of hydrogen-bond donors (Lipinski definition) is 2. The van der Waals surface area contributed by atoms with Gasteiger partial charge in [0.2, 0.25) is 0 Å². The maximum atomic E-state index is 10.6. The van der Waals surface area contributed by atoms with E-state index in [2.05, 4.69) is 15.3 Å². The average molecular weight is 392 g/mol. The van der Waals surface area contributed by atoms with E-state index in [9.17, 15) is 8.42 Å². The molecule has 0 aliphatic rings. The van der Waals surface area contributed by atoms with E-state index >= 15 is 0 Å². The Morgan fingerprint density at radius 3 is 2.36 bits per heavy atom. The van der Waals surface area contributed by atoms with Gasteiger partial charge in [-0.15, -0.1) is 0 Å². The summed E-state index contributed by atoms with van der Waals surface area (Å²) in [5.74, 6) is 0.303. The van der Waals surface area contributed by atoms with E-state index in [-0.39, 0.29) is 36.0 Å². The normalized spacial score (nSPS) is 13.8. The van der Waals surface area contributed by atoms with Gasteiger partial charge in [0.05, 0.1) is 0 Å². The molecule has 1 unspecified atom stereocenters. The van der Waals surface area contributed by atoms with Crippen molar-refractivity contribution < 1.29 is 37.7 Å². The molecular formula is C3H8AuNaO4S2. The van der Waals surface area contributed by atoms with Crippen molar-refractivity contribution >= 4 is 52.3 Å². The molecule has 0 saturated heterocycles. The van der Waals surface area contributed by atoms with Crippen LogP contribution in [0.3, 0.4) is 0 Å². The Morgan fingerprint density at radius 1 is 1.64 bits per heavy atom. The molecule has 0 heterocycles. The Hall–Kier alpha value is 1.96. The fraction of sp³-hybridized carbons (Fsp3) is 1.00. The molecule has 0 saturated carbocycles. The maximum absolute atomic E-state index is 10.6. The van der Waals surface area contributed by atoms with Crippen molar-refractivity contribution in [1.29, 1.82) is 0 Å². The predicted octanol–water partition coefficient (Wildman–Crippen LogP) is -1.22. The molecule has 0 aromatic heterocycles. The van der Waals surface area contributed by atoms with Crippen LogP contribution in [-0.4, -0.2) is 54.3 Å². The number of aliphatic hydroxyl groups is 1. The zero-order chi connectivity index (χ0) is 8.20. The van der Waals surface area contributed by atoms with Gasteiger partial charge in [-0.1, -0.05) is 0 Å². The number of rotatable bonds is 4. The standard InChI is InChI=1S/C3H8O4S2.Au.Na.H/c4-3(1-2-8)9(5,6)7;;;/h3-4,8H,1-2H2,(H,5,6,7);;;/q;+1;;/p-1. The average Bonchev–Trinajstić information content (AvgIpc) is 1.89. The Labute approximate surface area is 106 Å². The third-order valence-corrected chi connectivity index (χ3v) is 3.59. The van der Waals surface area contributed by atoms with Crippen molar-refractivity contribution in [1.82, 2.24) is 0 Å². The van der Waals surface area contributed by atoms with Crippen molar-refractivity contribution in [3.05, 3.63) is 0 Å². The van der Waals surface area contributed by atoms with Crippen molar-refractivity contribution in [3.63, 3.8) is 0 Å². The molecule has 0 aromatic rings. The molecule has 4 nitrogen and oxygen atoms in total. The molecule has 0 fully saturated rings. The van der Waals surface area contributed by atoms with Crippen LogP contribution in [0.2, 0.25) is 0 Å². The van der Waals surface area contributed by atoms with Gasteiger partial charge in [-0.2, -0.15) is 0 Å². The molecule has 0 aromatic carbocycles. The summed E-state index contributed by atoms with van der Waals surface area (Å²) in [6, 6.07) is 0. The van der Waals surface area contributed by atoms with E-state index in [4.69, 9.17) is 5.11 Å². The van der Waals surface area contributed by atoms with Crippen LogP contribution < -0.4 is 0 Å². The minimum absolute atomic E-state index is 0. The molecule has 0 amide bonds. The fourth-order valence-electron chi connectivity index (χ4n) is 0.288. The predicted molar refractivity (Wildman–Crippen MR) is 41.6 cm³/mol. The van der Waals surface area contributed by atoms with Crippen LogP contribution in [0, 0.1) is 0 Å². The van der Waals surface area contributed by atoms with Gasteiger partial charge in [-0.3, -0.25) is 0 Å². The first-order chi connectivity index (χ1) is 4.54. The Morgan fingerprint density at radius 2 is 2.09 bits per heavy atom. The SMILES string of the molecule is O=S(=O)([O][Au])C(O)CCS.[NaH]. The summed E-state index contributed by atoms with van der Waals surface area (Å²) in [5, 5.41) is 8.81. The Balaban J connectivity index is 0. The van der Waals surface area contributed by atoms with Crippen LogP contribution in [-0.2, 0) is 34.3 Å². The first kappa shape index (κ1) is 15.4. The van der Waals surface area contributed by atoms with Gasteiger partial charge in [0.1, 0.15) is 0 Å². The number of aliphatic hydroxyl groups excluding tert-OH is 1. The molecular weight excluding hydrogens is 384 g/mol. The second-order valence-electron chi connectivity index (χ2n) is 1.51. The monoisotopic (exact) mass is 392 g/mol. The summed E-state index contributed by atoms with van der Waals surface area (Å²) in [7, 11) is -3.78. The first-order valence-corrected chi connectivity index (χ1v) is 5.33. The van der Waals surface area contributed by atoms with Crippen LogP contribution in [0.4, 0.5) is 0 Å². The molecule has 8 heteroatoms. The fourth-order valence-corrected chi connectivity index (χ4v) is 1.90. The van der Waals surface area contributed by atoms with E-state index in [0.717, 1.165) is 0 Å². The van der Waals surface area contributed by atoms with Crippen molar-refractivity contribution in [2.45, 2.75) is 11.9 Å². The molecule has 0 rings (SSSR count). The minimum atomic E-state index is -3.78. The van der Waals surface area contributed by atoms with Crippen molar-refractivity contribution in [2.24, 2.45) is 0 Å². The van der Waals surface area contributed by atoms with E-state index in [0.29, 0.717) is 5.75 Å². The third-order valence-electron chi connectivity index (χ3n) is 0.779. The first-order valence-electron chi connectivity index (χ1n) is 2.34. The molecule has 11 heavy (non-hydrogen) atoms.